The molecule has 1 amide bonds. The van der Waals surface area contributed by atoms with E-state index < -0.39 is 24.3 Å². The zero-order chi connectivity index (χ0) is 35.9. The Balaban J connectivity index is 1.32. The van der Waals surface area contributed by atoms with Crippen molar-refractivity contribution in [3.8, 4) is 28.6 Å². The Morgan fingerprint density at radius 2 is 1.80 bits per heavy atom. The molecule has 4 heterocycles. The van der Waals surface area contributed by atoms with E-state index in [0.717, 1.165) is 51.4 Å². The number of halogens is 4. The van der Waals surface area contributed by atoms with Gasteiger partial charge in [0.15, 0.2) is 12.4 Å². The van der Waals surface area contributed by atoms with Crippen molar-refractivity contribution < 1.29 is 41.7 Å². The number of likely N-dealkylation sites (tertiary alicyclic amines) is 2. The Kier molecular flexibility index (Phi) is 9.74. The van der Waals surface area contributed by atoms with Crippen LogP contribution in [0, 0.1) is 11.2 Å². The lowest BCUT2D eigenvalue weighted by Crippen LogP contribution is -2.61. The zero-order valence-corrected chi connectivity index (χ0v) is 28.7. The van der Waals surface area contributed by atoms with E-state index in [2.05, 4.69) is 16.4 Å². The van der Waals surface area contributed by atoms with Crippen molar-refractivity contribution in [2.45, 2.75) is 56.7 Å². The van der Waals surface area contributed by atoms with Gasteiger partial charge in [-0.3, -0.25) is 4.79 Å². The molecule has 1 aliphatic carbocycles. The Labute approximate surface area is 294 Å². The number of rotatable bonds is 11. The van der Waals surface area contributed by atoms with Gasteiger partial charge in [-0.25, -0.2) is 4.39 Å². The van der Waals surface area contributed by atoms with Gasteiger partial charge in [-0.1, -0.05) is 12.6 Å². The SMILES string of the molecule is C=CC(=O)N1CC2(CCN(c3nc(OC4CCN(CCOC)CC4)nc4c(OCC(F)(F)F)c(-c5c(O)cccc5F)c(C5CC5)cc34)CC2)C1. The van der Waals surface area contributed by atoms with E-state index in [1.165, 1.54) is 18.2 Å². The Morgan fingerprint density at radius 1 is 1.08 bits per heavy atom. The number of aromatic nitrogens is 2. The van der Waals surface area contributed by atoms with Gasteiger partial charge in [-0.15, -0.1) is 0 Å². The van der Waals surface area contributed by atoms with E-state index in [0.29, 0.717) is 62.4 Å². The van der Waals surface area contributed by atoms with E-state index in [9.17, 15) is 23.1 Å². The van der Waals surface area contributed by atoms with Crippen molar-refractivity contribution in [2.75, 3.05) is 71.0 Å². The topological polar surface area (TPSA) is 100 Å². The highest BCUT2D eigenvalue weighted by Gasteiger charge is 2.47. The third-order valence-electron chi connectivity index (χ3n) is 10.7. The first-order valence-electron chi connectivity index (χ1n) is 17.6. The second-order valence-electron chi connectivity index (χ2n) is 14.2. The number of benzene rings is 2. The molecule has 0 unspecified atom stereocenters. The second kappa shape index (κ2) is 14.1. The number of carbonyl (C=O) groups excluding carboxylic acids is 1. The summed E-state index contributed by atoms with van der Waals surface area (Å²) in [7, 11) is 1.66. The predicted octanol–water partition coefficient (Wildman–Crippen LogP) is 6.06. The molecule has 3 aromatic rings. The molecule has 1 spiro atoms. The minimum absolute atomic E-state index is 0.000682. The molecule has 4 aliphatic rings. The number of fused-ring (bicyclic) bond motifs is 1. The van der Waals surface area contributed by atoms with E-state index >= 15 is 4.39 Å². The summed E-state index contributed by atoms with van der Waals surface area (Å²) >= 11 is 0. The van der Waals surface area contributed by atoms with E-state index in [1.807, 2.05) is 6.07 Å². The molecule has 4 fully saturated rings. The Morgan fingerprint density at radius 3 is 2.43 bits per heavy atom. The third kappa shape index (κ3) is 7.43. The minimum Gasteiger partial charge on any atom is -0.507 e. The van der Waals surface area contributed by atoms with Crippen molar-refractivity contribution in [3.05, 3.63) is 48.3 Å². The van der Waals surface area contributed by atoms with Gasteiger partial charge < -0.3 is 34.0 Å². The van der Waals surface area contributed by atoms with Gasteiger partial charge in [0, 0.05) is 69.3 Å². The number of hydrogen-bond donors (Lipinski definition) is 1. The van der Waals surface area contributed by atoms with Crippen LogP contribution in [0.2, 0.25) is 0 Å². The molecule has 3 saturated heterocycles. The first-order valence-corrected chi connectivity index (χ1v) is 17.6. The number of nitrogens with zero attached hydrogens (tertiary/aromatic N) is 5. The van der Waals surface area contributed by atoms with Crippen LogP contribution in [0.3, 0.4) is 0 Å². The van der Waals surface area contributed by atoms with Crippen LogP contribution in [-0.4, -0.2) is 109 Å². The highest BCUT2D eigenvalue weighted by Crippen LogP contribution is 2.53. The lowest BCUT2D eigenvalue weighted by molar-refractivity contribution is -0.153. The van der Waals surface area contributed by atoms with E-state index in [1.54, 1.807) is 12.0 Å². The predicted molar refractivity (Wildman–Crippen MR) is 183 cm³/mol. The van der Waals surface area contributed by atoms with Crippen molar-refractivity contribution in [3.63, 3.8) is 0 Å². The fraction of sp³-hybridized carbons (Fsp3) is 0.541. The number of piperidine rings is 2. The lowest BCUT2D eigenvalue weighted by Gasteiger charge is -2.54. The van der Waals surface area contributed by atoms with E-state index in [-0.39, 0.29) is 51.7 Å². The van der Waals surface area contributed by atoms with Gasteiger partial charge in [-0.05, 0) is 74.3 Å². The standard InChI is InChI=1S/C37H43F4N5O5/c1-3-29(48)46-20-36(21-46)11-15-45(16-12-36)34-26-19-25(23-7-8-23)30(31-27(38)5-4-6-28(31)47)33(50-22-37(39,40)41)32(26)42-35(43-34)51-24-9-13-44(14-10-24)17-18-49-2/h3-6,19,23-24,47H,1,7-18,20-22H2,2H3. The quantitative estimate of drug-likeness (QED) is 0.188. The van der Waals surface area contributed by atoms with Crippen LogP contribution in [0.4, 0.5) is 23.4 Å². The first-order chi connectivity index (χ1) is 24.5. The average molecular weight is 714 g/mol. The molecule has 1 saturated carbocycles. The molecule has 3 aliphatic heterocycles. The lowest BCUT2D eigenvalue weighted by atomic mass is 9.72. The molecule has 1 aromatic heterocycles. The van der Waals surface area contributed by atoms with Gasteiger partial charge in [-0.2, -0.15) is 23.1 Å². The van der Waals surface area contributed by atoms with Crippen LogP contribution in [0.1, 0.15) is 50.0 Å². The molecule has 0 radical (unpaired) electrons. The van der Waals surface area contributed by atoms with Crippen LogP contribution in [0.5, 0.6) is 17.5 Å². The third-order valence-corrected chi connectivity index (χ3v) is 10.7. The summed E-state index contributed by atoms with van der Waals surface area (Å²) in [5.41, 5.74) is 0.446. The fourth-order valence-electron chi connectivity index (χ4n) is 7.72. The van der Waals surface area contributed by atoms with E-state index in [4.69, 9.17) is 24.2 Å². The molecule has 274 valence electrons. The summed E-state index contributed by atoms with van der Waals surface area (Å²) in [5, 5.41) is 11.4. The summed E-state index contributed by atoms with van der Waals surface area (Å²) in [6, 6.07) is 5.64. The van der Waals surface area contributed by atoms with Gasteiger partial charge in [0.05, 0.1) is 12.2 Å². The van der Waals surface area contributed by atoms with Crippen LogP contribution >= 0.6 is 0 Å². The van der Waals surface area contributed by atoms with Crippen LogP contribution < -0.4 is 14.4 Å². The molecular weight excluding hydrogens is 670 g/mol. The highest BCUT2D eigenvalue weighted by atomic mass is 19.4. The molecule has 10 nitrogen and oxygen atoms in total. The highest BCUT2D eigenvalue weighted by molar-refractivity contribution is 6.01. The second-order valence-corrected chi connectivity index (χ2v) is 14.2. The molecule has 7 rings (SSSR count). The van der Waals surface area contributed by atoms with Crippen molar-refractivity contribution >= 4 is 22.6 Å². The number of aromatic hydroxyl groups is 1. The number of amides is 1. The zero-order valence-electron chi connectivity index (χ0n) is 28.7. The molecule has 14 heteroatoms. The monoisotopic (exact) mass is 713 g/mol. The number of carbonyl (C=O) groups is 1. The fourth-order valence-corrected chi connectivity index (χ4v) is 7.72. The number of ether oxygens (including phenoxy) is 3. The summed E-state index contributed by atoms with van der Waals surface area (Å²) < 4.78 is 74.3. The Bertz CT molecular complexity index is 1760. The summed E-state index contributed by atoms with van der Waals surface area (Å²) in [4.78, 5) is 28.0. The van der Waals surface area contributed by atoms with Gasteiger partial charge in [0.2, 0.25) is 5.91 Å². The maximum Gasteiger partial charge on any atom is 0.422 e. The minimum atomic E-state index is -4.70. The molecule has 0 bridgehead atoms. The normalized spacial score (nSPS) is 19.7. The maximum atomic E-state index is 15.6. The van der Waals surface area contributed by atoms with Crippen LogP contribution in [-0.2, 0) is 9.53 Å². The maximum absolute atomic E-state index is 15.6. The number of anilines is 1. The summed E-state index contributed by atoms with van der Waals surface area (Å²) in [6.07, 6.45) is 0.837. The summed E-state index contributed by atoms with van der Waals surface area (Å²) in [6.45, 7) is 7.38. The molecule has 0 atom stereocenters. The molecule has 1 N–H and O–H groups in total. The smallest absolute Gasteiger partial charge is 0.422 e. The van der Waals surface area contributed by atoms with Crippen molar-refractivity contribution in [2.24, 2.45) is 5.41 Å². The average Bonchev–Trinajstić information content (AvgIpc) is 3.94. The van der Waals surface area contributed by atoms with Crippen LogP contribution in [0.15, 0.2) is 36.9 Å². The van der Waals surface area contributed by atoms with Crippen LogP contribution in [0.25, 0.3) is 22.0 Å². The van der Waals surface area contributed by atoms with Crippen molar-refractivity contribution in [1.29, 1.82) is 0 Å². The number of alkyl halides is 3. The first kappa shape index (κ1) is 35.2. The largest absolute Gasteiger partial charge is 0.507 e. The number of hydrogen-bond acceptors (Lipinski definition) is 9. The molecule has 2 aromatic carbocycles. The van der Waals surface area contributed by atoms with Gasteiger partial charge in [0.25, 0.3) is 0 Å². The summed E-state index contributed by atoms with van der Waals surface area (Å²) in [5.74, 6) is -1.12. The molecular formula is C37H43F4N5O5. The number of phenols is 1. The van der Waals surface area contributed by atoms with Gasteiger partial charge in [0.1, 0.15) is 29.0 Å². The van der Waals surface area contributed by atoms with Gasteiger partial charge >= 0.3 is 12.2 Å². The van der Waals surface area contributed by atoms with Crippen molar-refractivity contribution in [1.82, 2.24) is 19.8 Å². The molecule has 51 heavy (non-hydrogen) atoms. The Hall–Kier alpha value is -4.17. The number of phenolic OH excluding ortho intramolecular Hbond substituents is 1. The number of methoxy groups -OCH3 is 1.